The molecule has 1 aromatic heterocycles. The predicted molar refractivity (Wildman–Crippen MR) is 77.7 cm³/mol. The van der Waals surface area contributed by atoms with E-state index in [4.69, 9.17) is 16.6 Å². The predicted octanol–water partition coefficient (Wildman–Crippen LogP) is 1.11. The number of nitrogens with two attached hydrogens (primary N) is 2. The fourth-order valence-electron chi connectivity index (χ4n) is 2.87. The van der Waals surface area contributed by atoms with Gasteiger partial charge >= 0.3 is 0 Å². The summed E-state index contributed by atoms with van der Waals surface area (Å²) in [5.41, 5.74) is 12.4. The van der Waals surface area contributed by atoms with Crippen LogP contribution in [-0.4, -0.2) is 40.9 Å². The Bertz CT molecular complexity index is 350. The number of nitrogens with zero attached hydrogens (tertiary/aromatic N) is 3. The van der Waals surface area contributed by atoms with Crippen molar-refractivity contribution in [2.75, 3.05) is 26.2 Å². The van der Waals surface area contributed by atoms with Gasteiger partial charge in [0, 0.05) is 38.9 Å². The highest BCUT2D eigenvalue weighted by Crippen LogP contribution is 2.27. The summed E-state index contributed by atoms with van der Waals surface area (Å²) in [6.07, 6.45) is 8.74. The molecule has 1 fully saturated rings. The SMILES string of the molecule is NCCN(CCN)Cc1ccn(C2CCCCC2)n1. The van der Waals surface area contributed by atoms with Gasteiger partial charge in [0.1, 0.15) is 0 Å². The highest BCUT2D eigenvalue weighted by Gasteiger charge is 2.16. The molecule has 0 saturated heterocycles. The first-order chi connectivity index (χ1) is 9.33. The zero-order chi connectivity index (χ0) is 13.5. The fourth-order valence-corrected chi connectivity index (χ4v) is 2.87. The molecule has 0 bridgehead atoms. The molecule has 5 nitrogen and oxygen atoms in total. The molecular formula is C14H27N5. The van der Waals surface area contributed by atoms with Crippen LogP contribution in [0.3, 0.4) is 0 Å². The van der Waals surface area contributed by atoms with Crippen molar-refractivity contribution in [3.8, 4) is 0 Å². The minimum absolute atomic E-state index is 0.611. The van der Waals surface area contributed by atoms with Crippen LogP contribution in [0.1, 0.15) is 43.8 Å². The van der Waals surface area contributed by atoms with E-state index in [1.54, 1.807) is 0 Å². The Morgan fingerprint density at radius 2 is 1.84 bits per heavy atom. The highest BCUT2D eigenvalue weighted by atomic mass is 15.3. The van der Waals surface area contributed by atoms with Crippen LogP contribution in [0.4, 0.5) is 0 Å². The maximum atomic E-state index is 5.63. The monoisotopic (exact) mass is 265 g/mol. The number of hydrogen-bond acceptors (Lipinski definition) is 4. The van der Waals surface area contributed by atoms with Crippen LogP contribution in [0.2, 0.25) is 0 Å². The molecule has 0 amide bonds. The fraction of sp³-hybridized carbons (Fsp3) is 0.786. The van der Waals surface area contributed by atoms with E-state index in [0.29, 0.717) is 19.1 Å². The second-order valence-corrected chi connectivity index (χ2v) is 5.43. The molecule has 1 aliphatic rings. The molecule has 0 spiro atoms. The van der Waals surface area contributed by atoms with Crippen LogP contribution in [0.5, 0.6) is 0 Å². The van der Waals surface area contributed by atoms with E-state index in [0.717, 1.165) is 25.3 Å². The first kappa shape index (κ1) is 14.5. The Morgan fingerprint density at radius 3 is 2.47 bits per heavy atom. The number of rotatable bonds is 7. The molecule has 1 aliphatic carbocycles. The Kier molecular flexibility index (Phi) is 5.82. The lowest BCUT2D eigenvalue weighted by Crippen LogP contribution is -2.33. The van der Waals surface area contributed by atoms with Gasteiger partial charge in [-0.3, -0.25) is 9.58 Å². The van der Waals surface area contributed by atoms with Crippen molar-refractivity contribution in [2.45, 2.75) is 44.7 Å². The van der Waals surface area contributed by atoms with Crippen LogP contribution < -0.4 is 11.5 Å². The van der Waals surface area contributed by atoms with Crippen LogP contribution in [0.25, 0.3) is 0 Å². The number of aromatic nitrogens is 2. The molecule has 108 valence electrons. The van der Waals surface area contributed by atoms with Crippen LogP contribution >= 0.6 is 0 Å². The highest BCUT2D eigenvalue weighted by molar-refractivity contribution is 5.00. The maximum absolute atomic E-state index is 5.63. The van der Waals surface area contributed by atoms with Gasteiger partial charge in [-0.1, -0.05) is 19.3 Å². The average Bonchev–Trinajstić information content (AvgIpc) is 2.89. The Balaban J connectivity index is 1.91. The van der Waals surface area contributed by atoms with E-state index >= 15 is 0 Å². The van der Waals surface area contributed by atoms with Crippen molar-refractivity contribution in [1.29, 1.82) is 0 Å². The lowest BCUT2D eigenvalue weighted by molar-refractivity contribution is 0.273. The summed E-state index contributed by atoms with van der Waals surface area (Å²) >= 11 is 0. The van der Waals surface area contributed by atoms with Crippen molar-refractivity contribution in [1.82, 2.24) is 14.7 Å². The standard InChI is InChI=1S/C14H27N5/c15-7-10-18(11-8-16)12-13-6-9-19(17-13)14-4-2-1-3-5-14/h6,9,14H,1-5,7-8,10-12,15-16H2. The normalized spacial score (nSPS) is 17.2. The van der Waals surface area contributed by atoms with E-state index in [1.165, 1.54) is 32.1 Å². The van der Waals surface area contributed by atoms with Gasteiger partial charge in [-0.05, 0) is 18.9 Å². The second kappa shape index (κ2) is 7.62. The molecule has 2 rings (SSSR count). The van der Waals surface area contributed by atoms with Gasteiger partial charge in [-0.15, -0.1) is 0 Å². The Labute approximate surface area is 115 Å². The molecule has 4 N–H and O–H groups in total. The number of hydrogen-bond donors (Lipinski definition) is 2. The molecule has 1 heterocycles. The van der Waals surface area contributed by atoms with Crippen LogP contribution in [-0.2, 0) is 6.54 Å². The molecule has 0 radical (unpaired) electrons. The van der Waals surface area contributed by atoms with E-state index in [9.17, 15) is 0 Å². The Hall–Kier alpha value is -0.910. The van der Waals surface area contributed by atoms with Gasteiger partial charge in [0.15, 0.2) is 0 Å². The maximum Gasteiger partial charge on any atom is 0.0764 e. The molecular weight excluding hydrogens is 238 g/mol. The summed E-state index contributed by atoms with van der Waals surface area (Å²) in [5, 5.41) is 4.73. The summed E-state index contributed by atoms with van der Waals surface area (Å²) in [6, 6.07) is 2.74. The van der Waals surface area contributed by atoms with Crippen molar-refractivity contribution >= 4 is 0 Å². The molecule has 5 heteroatoms. The molecule has 1 saturated carbocycles. The second-order valence-electron chi connectivity index (χ2n) is 5.43. The first-order valence-corrected chi connectivity index (χ1v) is 7.50. The minimum Gasteiger partial charge on any atom is -0.329 e. The summed E-state index contributed by atoms with van der Waals surface area (Å²) in [6.45, 7) is 3.96. The van der Waals surface area contributed by atoms with E-state index in [2.05, 4.69) is 21.8 Å². The molecule has 19 heavy (non-hydrogen) atoms. The minimum atomic E-state index is 0.611. The summed E-state index contributed by atoms with van der Waals surface area (Å²) in [4.78, 5) is 2.27. The van der Waals surface area contributed by atoms with Gasteiger partial charge in [-0.2, -0.15) is 5.10 Å². The molecule has 1 aromatic rings. The van der Waals surface area contributed by atoms with Gasteiger partial charge in [0.05, 0.1) is 11.7 Å². The molecule has 0 unspecified atom stereocenters. The summed E-state index contributed by atoms with van der Waals surface area (Å²) in [7, 11) is 0. The van der Waals surface area contributed by atoms with Crippen LogP contribution in [0.15, 0.2) is 12.3 Å². The van der Waals surface area contributed by atoms with Gasteiger partial charge in [0.2, 0.25) is 0 Å². The largest absolute Gasteiger partial charge is 0.329 e. The van der Waals surface area contributed by atoms with Crippen LogP contribution in [0, 0.1) is 0 Å². The van der Waals surface area contributed by atoms with Gasteiger partial charge < -0.3 is 11.5 Å². The van der Waals surface area contributed by atoms with E-state index < -0.39 is 0 Å². The summed E-state index contributed by atoms with van der Waals surface area (Å²) in [5.74, 6) is 0. The van der Waals surface area contributed by atoms with Crippen molar-refractivity contribution in [3.63, 3.8) is 0 Å². The zero-order valence-electron chi connectivity index (χ0n) is 11.8. The van der Waals surface area contributed by atoms with Crippen molar-refractivity contribution < 1.29 is 0 Å². The molecule has 0 aliphatic heterocycles. The van der Waals surface area contributed by atoms with Crippen molar-refractivity contribution in [2.24, 2.45) is 11.5 Å². The Morgan fingerprint density at radius 1 is 1.16 bits per heavy atom. The lowest BCUT2D eigenvalue weighted by Gasteiger charge is -2.22. The summed E-state index contributed by atoms with van der Waals surface area (Å²) < 4.78 is 2.16. The van der Waals surface area contributed by atoms with Crippen molar-refractivity contribution in [3.05, 3.63) is 18.0 Å². The smallest absolute Gasteiger partial charge is 0.0764 e. The van der Waals surface area contributed by atoms with E-state index in [-0.39, 0.29) is 0 Å². The zero-order valence-corrected chi connectivity index (χ0v) is 11.8. The average molecular weight is 265 g/mol. The third-order valence-corrected chi connectivity index (χ3v) is 3.89. The topological polar surface area (TPSA) is 73.1 Å². The third kappa shape index (κ3) is 4.30. The van der Waals surface area contributed by atoms with Gasteiger partial charge in [0.25, 0.3) is 0 Å². The van der Waals surface area contributed by atoms with Gasteiger partial charge in [-0.25, -0.2) is 0 Å². The lowest BCUT2D eigenvalue weighted by atomic mass is 9.96. The third-order valence-electron chi connectivity index (χ3n) is 3.89. The quantitative estimate of drug-likeness (QED) is 0.774. The van der Waals surface area contributed by atoms with E-state index in [1.807, 2.05) is 0 Å². The molecule has 0 atom stereocenters. The first-order valence-electron chi connectivity index (χ1n) is 7.50. The molecule has 0 aromatic carbocycles.